The Morgan fingerprint density at radius 3 is 2.84 bits per heavy atom. The van der Waals surface area contributed by atoms with Gasteiger partial charge in [-0.1, -0.05) is 6.92 Å². The summed E-state index contributed by atoms with van der Waals surface area (Å²) in [5.41, 5.74) is 1.07. The van der Waals surface area contributed by atoms with Crippen molar-refractivity contribution >= 4 is 28.7 Å². The van der Waals surface area contributed by atoms with Crippen molar-refractivity contribution < 1.29 is 20.1 Å². The second kappa shape index (κ2) is 8.28. The van der Waals surface area contributed by atoms with Crippen LogP contribution in [0.5, 0.6) is 0 Å². The van der Waals surface area contributed by atoms with Gasteiger partial charge in [0.1, 0.15) is 24.6 Å². The average molecular weight is 369 g/mol. The lowest BCUT2D eigenvalue weighted by Crippen LogP contribution is -2.33. The van der Waals surface area contributed by atoms with Crippen molar-refractivity contribution in [2.24, 2.45) is 0 Å². The number of nitrogens with one attached hydrogen (secondary N) is 1. The van der Waals surface area contributed by atoms with Gasteiger partial charge in [-0.15, -0.1) is 0 Å². The summed E-state index contributed by atoms with van der Waals surface area (Å²) in [6.45, 7) is 2.54. The number of hydrogen-bond donors (Lipinski definition) is 4. The van der Waals surface area contributed by atoms with Crippen LogP contribution in [0.4, 0.5) is 5.82 Å². The van der Waals surface area contributed by atoms with E-state index in [9.17, 15) is 15.3 Å². The van der Waals surface area contributed by atoms with Gasteiger partial charge < -0.3 is 25.4 Å². The Morgan fingerprint density at radius 1 is 1.28 bits per heavy atom. The van der Waals surface area contributed by atoms with Gasteiger partial charge in [-0.05, 0) is 17.9 Å². The molecule has 0 bridgehead atoms. The van der Waals surface area contributed by atoms with Gasteiger partial charge in [0.15, 0.2) is 23.2 Å². The summed E-state index contributed by atoms with van der Waals surface area (Å²) in [6, 6.07) is 0. The molecule has 9 nitrogen and oxygen atoms in total. The van der Waals surface area contributed by atoms with Crippen molar-refractivity contribution in [2.75, 3.05) is 30.0 Å². The van der Waals surface area contributed by atoms with Crippen molar-refractivity contribution in [3.05, 3.63) is 12.7 Å². The van der Waals surface area contributed by atoms with Gasteiger partial charge in [0.25, 0.3) is 0 Å². The number of aromatic nitrogens is 4. The van der Waals surface area contributed by atoms with Gasteiger partial charge in [-0.3, -0.25) is 4.57 Å². The second-order valence-electron chi connectivity index (χ2n) is 5.75. The van der Waals surface area contributed by atoms with Crippen LogP contribution in [-0.4, -0.2) is 77.8 Å². The summed E-state index contributed by atoms with van der Waals surface area (Å²) in [4.78, 5) is 12.8. The molecule has 0 unspecified atom stereocenters. The first-order chi connectivity index (χ1) is 12.2. The number of fused-ring (bicyclic) bond motifs is 1. The van der Waals surface area contributed by atoms with Gasteiger partial charge >= 0.3 is 0 Å². The average Bonchev–Trinajstić information content (AvgIpc) is 3.17. The molecule has 1 saturated heterocycles. The topological polar surface area (TPSA) is 126 Å². The van der Waals surface area contributed by atoms with Crippen molar-refractivity contribution in [1.29, 1.82) is 0 Å². The van der Waals surface area contributed by atoms with Gasteiger partial charge in [-0.25, -0.2) is 15.0 Å². The van der Waals surface area contributed by atoms with Crippen molar-refractivity contribution in [2.45, 2.75) is 37.9 Å². The molecule has 3 rings (SSSR count). The summed E-state index contributed by atoms with van der Waals surface area (Å²) in [5, 5.41) is 32.6. The molecule has 10 heteroatoms. The van der Waals surface area contributed by atoms with Crippen molar-refractivity contribution in [3.63, 3.8) is 0 Å². The summed E-state index contributed by atoms with van der Waals surface area (Å²) in [5.74, 6) is 2.80. The molecule has 2 aromatic rings. The first-order valence-electron chi connectivity index (χ1n) is 8.29. The zero-order valence-corrected chi connectivity index (χ0v) is 14.8. The summed E-state index contributed by atoms with van der Waals surface area (Å²) < 4.78 is 7.10. The number of nitrogens with zero attached hydrogens (tertiary/aromatic N) is 4. The molecule has 138 valence electrons. The van der Waals surface area contributed by atoms with E-state index in [2.05, 4.69) is 27.2 Å². The molecule has 0 aliphatic carbocycles. The molecular formula is C15H23N5O4S. The highest BCUT2D eigenvalue weighted by molar-refractivity contribution is 7.99. The van der Waals surface area contributed by atoms with E-state index in [4.69, 9.17) is 4.74 Å². The molecule has 0 saturated carbocycles. The number of hydrogen-bond acceptors (Lipinski definition) is 9. The monoisotopic (exact) mass is 369 g/mol. The van der Waals surface area contributed by atoms with Crippen LogP contribution in [0.25, 0.3) is 11.2 Å². The fourth-order valence-electron chi connectivity index (χ4n) is 2.80. The largest absolute Gasteiger partial charge is 0.394 e. The number of imidazole rings is 1. The highest BCUT2D eigenvalue weighted by Crippen LogP contribution is 2.32. The summed E-state index contributed by atoms with van der Waals surface area (Å²) in [7, 11) is 0. The minimum atomic E-state index is -1.17. The maximum absolute atomic E-state index is 10.2. The Morgan fingerprint density at radius 2 is 2.12 bits per heavy atom. The van der Waals surface area contributed by atoms with E-state index in [1.807, 2.05) is 11.8 Å². The van der Waals surface area contributed by atoms with E-state index < -0.39 is 24.5 Å². The molecule has 1 fully saturated rings. The maximum Gasteiger partial charge on any atom is 0.167 e. The molecule has 0 radical (unpaired) electrons. The minimum absolute atomic E-state index is 0.376. The Hall–Kier alpha value is -1.46. The van der Waals surface area contributed by atoms with Crippen LogP contribution < -0.4 is 5.32 Å². The number of aliphatic hydroxyl groups excluding tert-OH is 3. The molecule has 0 aromatic carbocycles. The van der Waals surface area contributed by atoms with E-state index in [1.165, 1.54) is 12.7 Å². The molecule has 1 aliphatic rings. The van der Waals surface area contributed by atoms with E-state index in [0.29, 0.717) is 17.0 Å². The fraction of sp³-hybridized carbons (Fsp3) is 0.667. The van der Waals surface area contributed by atoms with Gasteiger partial charge in [0.2, 0.25) is 0 Å². The van der Waals surface area contributed by atoms with Crippen LogP contribution >= 0.6 is 11.8 Å². The highest BCUT2D eigenvalue weighted by atomic mass is 32.2. The third kappa shape index (κ3) is 3.72. The molecule has 0 spiro atoms. The molecule has 4 atom stereocenters. The van der Waals surface area contributed by atoms with Crippen LogP contribution in [0.1, 0.15) is 19.6 Å². The minimum Gasteiger partial charge on any atom is -0.394 e. The number of ether oxygens (including phenoxy) is 1. The van der Waals surface area contributed by atoms with Crippen LogP contribution in [0, 0.1) is 0 Å². The molecule has 0 amide bonds. The number of thioether (sulfide) groups is 1. The first kappa shape index (κ1) is 18.3. The van der Waals surface area contributed by atoms with E-state index >= 15 is 0 Å². The van der Waals surface area contributed by atoms with Gasteiger partial charge in [-0.2, -0.15) is 11.8 Å². The van der Waals surface area contributed by atoms with E-state index in [0.717, 1.165) is 24.5 Å². The Balaban J connectivity index is 1.77. The fourth-order valence-corrected chi connectivity index (χ4v) is 3.44. The van der Waals surface area contributed by atoms with Gasteiger partial charge in [0, 0.05) is 6.54 Å². The van der Waals surface area contributed by atoms with Crippen LogP contribution in [0.2, 0.25) is 0 Å². The zero-order valence-electron chi connectivity index (χ0n) is 13.9. The third-order valence-corrected chi connectivity index (χ3v) is 5.10. The molecule has 4 N–H and O–H groups in total. The van der Waals surface area contributed by atoms with Crippen LogP contribution in [0.3, 0.4) is 0 Å². The van der Waals surface area contributed by atoms with E-state index in [-0.39, 0.29) is 6.61 Å². The Kier molecular flexibility index (Phi) is 6.07. The van der Waals surface area contributed by atoms with Gasteiger partial charge in [0.05, 0.1) is 12.9 Å². The number of anilines is 1. The van der Waals surface area contributed by atoms with Crippen molar-refractivity contribution in [3.8, 4) is 0 Å². The van der Waals surface area contributed by atoms with Crippen LogP contribution in [-0.2, 0) is 4.74 Å². The Bertz CT molecular complexity index is 700. The highest BCUT2D eigenvalue weighted by Gasteiger charge is 2.44. The third-order valence-electron chi connectivity index (χ3n) is 4.11. The molecule has 3 heterocycles. The predicted molar refractivity (Wildman–Crippen MR) is 94.4 cm³/mol. The standard InChI is InChI=1S/C15H23N5O4S/c1-2-25-5-3-4-16-13-10-14(18-7-17-13)20(8-19-10)15-12(23)11(22)9(6-21)24-15/h7-9,11-12,15,21-23H,2-6H2,1H3,(H,16,17,18)/t9-,11-,12-,15-/m1/s1. The number of rotatable bonds is 8. The zero-order chi connectivity index (χ0) is 17.8. The molecule has 1 aliphatic heterocycles. The van der Waals surface area contributed by atoms with Crippen LogP contribution in [0.15, 0.2) is 12.7 Å². The van der Waals surface area contributed by atoms with E-state index in [1.54, 1.807) is 4.57 Å². The quantitative estimate of drug-likeness (QED) is 0.475. The summed E-state index contributed by atoms with van der Waals surface area (Å²) in [6.07, 6.45) is -0.105. The first-order valence-corrected chi connectivity index (χ1v) is 9.44. The lowest BCUT2D eigenvalue weighted by atomic mass is 10.1. The number of aliphatic hydroxyl groups is 3. The lowest BCUT2D eigenvalue weighted by Gasteiger charge is -2.16. The van der Waals surface area contributed by atoms with Crippen molar-refractivity contribution in [1.82, 2.24) is 19.5 Å². The molecule has 2 aromatic heterocycles. The molecule has 25 heavy (non-hydrogen) atoms. The molecular weight excluding hydrogens is 346 g/mol. The lowest BCUT2D eigenvalue weighted by molar-refractivity contribution is -0.0511. The smallest absolute Gasteiger partial charge is 0.167 e. The summed E-state index contributed by atoms with van der Waals surface area (Å²) >= 11 is 1.89. The SMILES string of the molecule is CCSCCCNc1ncnc2c1ncn2[C@@H]1O[C@H](CO)[C@@H](O)[C@H]1O. The Labute approximate surface area is 149 Å². The maximum atomic E-state index is 10.2. The predicted octanol–water partition coefficient (Wildman–Crippen LogP) is -0.00710. The normalized spacial score (nSPS) is 26.4. The second-order valence-corrected chi connectivity index (χ2v) is 7.15.